The van der Waals surface area contributed by atoms with Gasteiger partial charge in [-0.1, -0.05) is 12.8 Å². The standard InChI is InChI=1S/C13H18N2OS/c14-6-10-5-12(17-9-10)8-15-7-11-3-1-2-4-13(11)16/h5,9,11,13,15-16H,1-4,7-8H2. The molecule has 2 unspecified atom stereocenters. The molecule has 1 aromatic heterocycles. The Hall–Kier alpha value is -0.890. The third kappa shape index (κ3) is 3.53. The number of nitriles is 1. The largest absolute Gasteiger partial charge is 0.393 e. The lowest BCUT2D eigenvalue weighted by molar-refractivity contribution is 0.0695. The van der Waals surface area contributed by atoms with Crippen LogP contribution >= 0.6 is 11.3 Å². The zero-order valence-corrected chi connectivity index (χ0v) is 10.7. The van der Waals surface area contributed by atoms with E-state index in [1.54, 1.807) is 11.3 Å². The maximum absolute atomic E-state index is 9.83. The first-order valence-corrected chi connectivity index (χ1v) is 7.04. The van der Waals surface area contributed by atoms with Crippen LogP contribution in [0, 0.1) is 17.2 Å². The van der Waals surface area contributed by atoms with Crippen LogP contribution in [0.5, 0.6) is 0 Å². The Morgan fingerprint density at radius 3 is 3.00 bits per heavy atom. The van der Waals surface area contributed by atoms with E-state index >= 15 is 0 Å². The molecule has 0 aliphatic heterocycles. The number of aliphatic hydroxyl groups is 1. The van der Waals surface area contributed by atoms with Gasteiger partial charge in [0.05, 0.1) is 11.7 Å². The number of aliphatic hydroxyl groups excluding tert-OH is 1. The van der Waals surface area contributed by atoms with Crippen molar-refractivity contribution in [2.24, 2.45) is 5.92 Å². The average Bonchev–Trinajstić information content (AvgIpc) is 2.80. The van der Waals surface area contributed by atoms with Crippen LogP contribution in [0.1, 0.15) is 36.1 Å². The molecule has 3 nitrogen and oxygen atoms in total. The van der Waals surface area contributed by atoms with E-state index < -0.39 is 0 Å². The molecule has 4 heteroatoms. The zero-order chi connectivity index (χ0) is 12.1. The number of rotatable bonds is 4. The van der Waals surface area contributed by atoms with Gasteiger partial charge in [0.2, 0.25) is 0 Å². The summed E-state index contributed by atoms with van der Waals surface area (Å²) in [4.78, 5) is 1.19. The second-order valence-electron chi connectivity index (χ2n) is 4.66. The highest BCUT2D eigenvalue weighted by atomic mass is 32.1. The Kier molecular flexibility index (Phi) is 4.55. The molecule has 0 saturated heterocycles. The summed E-state index contributed by atoms with van der Waals surface area (Å²) in [6.07, 6.45) is 4.34. The highest BCUT2D eigenvalue weighted by Gasteiger charge is 2.22. The molecule has 1 fully saturated rings. The van der Waals surface area contributed by atoms with Crippen LogP contribution in [-0.2, 0) is 6.54 Å². The molecule has 2 rings (SSSR count). The predicted molar refractivity (Wildman–Crippen MR) is 68.7 cm³/mol. The summed E-state index contributed by atoms with van der Waals surface area (Å²) in [6.45, 7) is 1.68. The minimum Gasteiger partial charge on any atom is -0.393 e. The Morgan fingerprint density at radius 2 is 2.29 bits per heavy atom. The van der Waals surface area contributed by atoms with Crippen LogP contribution in [0.15, 0.2) is 11.4 Å². The van der Waals surface area contributed by atoms with Gasteiger partial charge in [-0.05, 0) is 24.8 Å². The maximum atomic E-state index is 9.83. The summed E-state index contributed by atoms with van der Waals surface area (Å²) in [5.74, 6) is 0.402. The second-order valence-corrected chi connectivity index (χ2v) is 5.65. The SMILES string of the molecule is N#Cc1csc(CNCC2CCCCC2O)c1. The molecule has 0 spiro atoms. The van der Waals surface area contributed by atoms with E-state index in [4.69, 9.17) is 5.26 Å². The van der Waals surface area contributed by atoms with Crippen LogP contribution in [0.2, 0.25) is 0 Å². The summed E-state index contributed by atoms with van der Waals surface area (Å²) < 4.78 is 0. The van der Waals surface area contributed by atoms with E-state index in [9.17, 15) is 5.11 Å². The molecule has 17 heavy (non-hydrogen) atoms. The van der Waals surface area contributed by atoms with Crippen LogP contribution in [0.25, 0.3) is 0 Å². The van der Waals surface area contributed by atoms with Crippen molar-refractivity contribution in [1.29, 1.82) is 5.26 Å². The third-order valence-corrected chi connectivity index (χ3v) is 4.29. The van der Waals surface area contributed by atoms with Crippen molar-refractivity contribution in [2.45, 2.75) is 38.3 Å². The number of hydrogen-bond donors (Lipinski definition) is 2. The van der Waals surface area contributed by atoms with E-state index in [-0.39, 0.29) is 6.10 Å². The lowest BCUT2D eigenvalue weighted by atomic mass is 9.86. The summed E-state index contributed by atoms with van der Waals surface area (Å²) in [6, 6.07) is 4.06. The molecule has 1 saturated carbocycles. The van der Waals surface area contributed by atoms with Gasteiger partial charge < -0.3 is 10.4 Å². The van der Waals surface area contributed by atoms with Crippen molar-refractivity contribution in [3.05, 3.63) is 21.9 Å². The van der Waals surface area contributed by atoms with Crippen molar-refractivity contribution < 1.29 is 5.11 Å². The van der Waals surface area contributed by atoms with E-state index in [1.165, 1.54) is 11.3 Å². The zero-order valence-electron chi connectivity index (χ0n) is 9.85. The first-order valence-electron chi connectivity index (χ1n) is 6.16. The van der Waals surface area contributed by atoms with Gasteiger partial charge in [-0.2, -0.15) is 5.26 Å². The number of hydrogen-bond acceptors (Lipinski definition) is 4. The van der Waals surface area contributed by atoms with Gasteiger partial charge in [0.1, 0.15) is 6.07 Å². The van der Waals surface area contributed by atoms with Crippen molar-refractivity contribution >= 4 is 11.3 Å². The Balaban J connectivity index is 1.73. The minimum atomic E-state index is -0.130. The molecule has 1 aromatic rings. The Labute approximate surface area is 106 Å². The topological polar surface area (TPSA) is 56.0 Å². The van der Waals surface area contributed by atoms with Crippen LogP contribution < -0.4 is 5.32 Å². The molecule has 0 radical (unpaired) electrons. The first kappa shape index (κ1) is 12.6. The maximum Gasteiger partial charge on any atom is 0.100 e. The van der Waals surface area contributed by atoms with Crippen molar-refractivity contribution in [3.8, 4) is 6.07 Å². The fraction of sp³-hybridized carbons (Fsp3) is 0.615. The lowest BCUT2D eigenvalue weighted by Gasteiger charge is -2.27. The van der Waals surface area contributed by atoms with Crippen molar-refractivity contribution in [1.82, 2.24) is 5.32 Å². The van der Waals surface area contributed by atoms with Gasteiger partial charge in [-0.3, -0.25) is 0 Å². The van der Waals surface area contributed by atoms with Gasteiger partial charge >= 0.3 is 0 Å². The predicted octanol–water partition coefficient (Wildman–Crippen LogP) is 2.26. The number of nitrogens with zero attached hydrogens (tertiary/aromatic N) is 1. The second kappa shape index (κ2) is 6.15. The van der Waals surface area contributed by atoms with E-state index in [1.807, 2.05) is 11.4 Å². The minimum absolute atomic E-state index is 0.130. The Bertz CT molecular complexity index is 396. The highest BCUT2D eigenvalue weighted by molar-refractivity contribution is 7.10. The van der Waals surface area contributed by atoms with Gasteiger partial charge in [0.15, 0.2) is 0 Å². The van der Waals surface area contributed by atoms with Crippen LogP contribution in [0.4, 0.5) is 0 Å². The van der Waals surface area contributed by atoms with E-state index in [0.717, 1.165) is 37.9 Å². The van der Waals surface area contributed by atoms with E-state index in [0.29, 0.717) is 5.92 Å². The molecule has 1 heterocycles. The molecule has 92 valence electrons. The number of nitrogens with one attached hydrogen (secondary N) is 1. The molecule has 1 aliphatic rings. The molecule has 0 amide bonds. The monoisotopic (exact) mass is 250 g/mol. The summed E-state index contributed by atoms with van der Waals surface area (Å²) in [5.41, 5.74) is 0.740. The molecular formula is C13H18N2OS. The van der Waals surface area contributed by atoms with Gasteiger partial charge in [0.25, 0.3) is 0 Å². The molecule has 0 bridgehead atoms. The fourth-order valence-electron chi connectivity index (χ4n) is 2.34. The lowest BCUT2D eigenvalue weighted by Crippen LogP contribution is -2.33. The molecule has 1 aliphatic carbocycles. The molecule has 2 N–H and O–H groups in total. The summed E-state index contributed by atoms with van der Waals surface area (Å²) >= 11 is 1.61. The van der Waals surface area contributed by atoms with Gasteiger partial charge in [-0.15, -0.1) is 11.3 Å². The number of thiophene rings is 1. The molecule has 0 aromatic carbocycles. The van der Waals surface area contributed by atoms with E-state index in [2.05, 4.69) is 11.4 Å². The summed E-state index contributed by atoms with van der Waals surface area (Å²) in [5, 5.41) is 23.8. The quantitative estimate of drug-likeness (QED) is 0.862. The van der Waals surface area contributed by atoms with Crippen molar-refractivity contribution in [3.63, 3.8) is 0 Å². The average molecular weight is 250 g/mol. The smallest absolute Gasteiger partial charge is 0.100 e. The highest BCUT2D eigenvalue weighted by Crippen LogP contribution is 2.23. The third-order valence-electron chi connectivity index (χ3n) is 3.36. The summed E-state index contributed by atoms with van der Waals surface area (Å²) in [7, 11) is 0. The van der Waals surface area contributed by atoms with Crippen LogP contribution in [0.3, 0.4) is 0 Å². The van der Waals surface area contributed by atoms with Crippen LogP contribution in [-0.4, -0.2) is 17.8 Å². The van der Waals surface area contributed by atoms with Gasteiger partial charge in [-0.25, -0.2) is 0 Å². The Morgan fingerprint density at radius 1 is 1.47 bits per heavy atom. The van der Waals surface area contributed by atoms with Crippen molar-refractivity contribution in [2.75, 3.05) is 6.54 Å². The normalized spacial score (nSPS) is 24.5. The fourth-order valence-corrected chi connectivity index (χ4v) is 3.12. The molecular weight excluding hydrogens is 232 g/mol. The van der Waals surface area contributed by atoms with Gasteiger partial charge in [0, 0.05) is 23.3 Å². The first-order chi connectivity index (χ1) is 8.29. The molecule has 2 atom stereocenters.